The number of amides is 2. The second-order valence-electron chi connectivity index (χ2n) is 9.86. The topological polar surface area (TPSA) is 83.3 Å². The molecule has 9 nitrogen and oxygen atoms in total. The smallest absolute Gasteiger partial charge is 0.435 e. The van der Waals surface area contributed by atoms with Gasteiger partial charge in [0.25, 0.3) is 5.91 Å². The zero-order chi connectivity index (χ0) is 28.0. The van der Waals surface area contributed by atoms with Crippen LogP contribution in [0.5, 0.6) is 5.75 Å². The minimum atomic E-state index is -4.70. The van der Waals surface area contributed by atoms with Crippen LogP contribution in [0.15, 0.2) is 53.5 Å². The van der Waals surface area contributed by atoms with Gasteiger partial charge in [-0.25, -0.2) is 4.68 Å². The van der Waals surface area contributed by atoms with Crippen molar-refractivity contribution in [2.24, 2.45) is 4.99 Å². The van der Waals surface area contributed by atoms with Crippen LogP contribution in [0.4, 0.5) is 24.5 Å². The maximum absolute atomic E-state index is 13.9. The number of carbonyl (C=O) groups excluding carboxylic acids is 2. The number of carbonyl (C=O) groups is 2. The molecule has 1 fully saturated rings. The lowest BCUT2D eigenvalue weighted by Crippen LogP contribution is -2.50. The van der Waals surface area contributed by atoms with Crippen LogP contribution < -0.4 is 14.5 Å². The van der Waals surface area contributed by atoms with E-state index in [0.717, 1.165) is 23.2 Å². The minimum Gasteiger partial charge on any atom is -0.497 e. The quantitative estimate of drug-likeness (QED) is 0.472. The average molecular weight is 553 g/mol. The normalized spacial score (nSPS) is 19.4. The van der Waals surface area contributed by atoms with E-state index in [4.69, 9.17) is 4.74 Å². The number of benzene rings is 2. The van der Waals surface area contributed by atoms with Crippen LogP contribution in [-0.2, 0) is 17.4 Å². The van der Waals surface area contributed by atoms with E-state index in [1.165, 1.54) is 12.0 Å². The van der Waals surface area contributed by atoms with Crippen molar-refractivity contribution in [3.8, 4) is 11.4 Å². The first kappa shape index (κ1) is 25.9. The van der Waals surface area contributed by atoms with Crippen molar-refractivity contribution in [1.82, 2.24) is 14.7 Å². The minimum absolute atomic E-state index is 0.00775. The number of hydrogen-bond acceptors (Lipinski definition) is 6. The number of halogens is 3. The Morgan fingerprint density at radius 2 is 1.57 bits per heavy atom. The summed E-state index contributed by atoms with van der Waals surface area (Å²) in [7, 11) is 1.49. The number of fused-ring (bicyclic) bond motifs is 1. The summed E-state index contributed by atoms with van der Waals surface area (Å²) in [6.45, 7) is 1.42. The maximum Gasteiger partial charge on any atom is 0.435 e. The van der Waals surface area contributed by atoms with Crippen LogP contribution in [0.2, 0.25) is 0 Å². The molecular formula is C28H27F3N6O3. The van der Waals surface area contributed by atoms with Crippen LogP contribution in [0.3, 0.4) is 0 Å². The van der Waals surface area contributed by atoms with Crippen molar-refractivity contribution in [2.45, 2.75) is 38.1 Å². The Kier molecular flexibility index (Phi) is 6.47. The molecule has 0 aliphatic carbocycles. The Balaban J connectivity index is 1.31. The summed E-state index contributed by atoms with van der Waals surface area (Å²) >= 11 is 0. The molecule has 40 heavy (non-hydrogen) atoms. The van der Waals surface area contributed by atoms with Gasteiger partial charge in [0.05, 0.1) is 12.8 Å². The molecule has 6 rings (SSSR count). The molecule has 2 aromatic carbocycles. The van der Waals surface area contributed by atoms with Crippen molar-refractivity contribution >= 4 is 29.4 Å². The number of alkyl halides is 3. The van der Waals surface area contributed by atoms with Gasteiger partial charge < -0.3 is 19.4 Å². The summed E-state index contributed by atoms with van der Waals surface area (Å²) in [5, 5.41) is 3.85. The van der Waals surface area contributed by atoms with Crippen LogP contribution in [0, 0.1) is 0 Å². The van der Waals surface area contributed by atoms with E-state index in [0.29, 0.717) is 36.6 Å². The zero-order valence-corrected chi connectivity index (χ0v) is 21.8. The second kappa shape index (κ2) is 10.00. The summed E-state index contributed by atoms with van der Waals surface area (Å²) in [5.74, 6) is 0.0487. The van der Waals surface area contributed by atoms with Crippen molar-refractivity contribution in [1.29, 1.82) is 0 Å². The van der Waals surface area contributed by atoms with Gasteiger partial charge >= 0.3 is 6.18 Å². The standard InChI is InChI=1S/C28H27F3N6O3/c1-40-21-11-9-20(10-12-21)37-24-22(25(33-37)28(29,30)31)13-17-34(26(24)39)18-5-7-19(8-6-18)35-16-3-14-32-27(35)36-15-2-4-23(36)38/h5-12,14,27H,2-4,13,15-17H2,1H3. The van der Waals surface area contributed by atoms with Crippen molar-refractivity contribution < 1.29 is 27.5 Å². The molecule has 3 aromatic rings. The van der Waals surface area contributed by atoms with E-state index in [-0.39, 0.29) is 30.1 Å². The van der Waals surface area contributed by atoms with Crippen LogP contribution in [-0.4, -0.2) is 65.7 Å². The predicted molar refractivity (Wildman–Crippen MR) is 142 cm³/mol. The molecular weight excluding hydrogens is 525 g/mol. The largest absolute Gasteiger partial charge is 0.497 e. The number of hydrogen-bond donors (Lipinski definition) is 0. The van der Waals surface area contributed by atoms with Gasteiger partial charge in [0.15, 0.2) is 5.69 Å². The Labute approximate surface area is 228 Å². The number of methoxy groups -OCH3 is 1. The summed E-state index contributed by atoms with van der Waals surface area (Å²) in [6.07, 6.45) is -1.20. The summed E-state index contributed by atoms with van der Waals surface area (Å²) < 4.78 is 47.9. The first-order valence-corrected chi connectivity index (χ1v) is 13.1. The molecule has 12 heteroatoms. The number of rotatable bonds is 5. The molecule has 4 heterocycles. The number of ether oxygens (including phenoxy) is 1. The van der Waals surface area contributed by atoms with Gasteiger partial charge in [-0.2, -0.15) is 18.3 Å². The fourth-order valence-electron chi connectivity index (χ4n) is 5.55. The Morgan fingerprint density at radius 3 is 2.23 bits per heavy atom. The molecule has 0 radical (unpaired) electrons. The first-order chi connectivity index (χ1) is 19.3. The van der Waals surface area contributed by atoms with Gasteiger partial charge in [-0.1, -0.05) is 0 Å². The maximum atomic E-state index is 13.9. The van der Waals surface area contributed by atoms with Gasteiger partial charge in [0.2, 0.25) is 12.2 Å². The zero-order valence-electron chi connectivity index (χ0n) is 21.8. The van der Waals surface area contributed by atoms with Crippen molar-refractivity contribution in [3.63, 3.8) is 0 Å². The molecule has 0 spiro atoms. The van der Waals surface area contributed by atoms with Gasteiger partial charge in [0.1, 0.15) is 11.4 Å². The molecule has 1 unspecified atom stereocenters. The van der Waals surface area contributed by atoms with E-state index < -0.39 is 24.1 Å². The molecule has 208 valence electrons. The lowest BCUT2D eigenvalue weighted by molar-refractivity contribution is -0.142. The fourth-order valence-corrected chi connectivity index (χ4v) is 5.55. The first-order valence-electron chi connectivity index (χ1n) is 13.1. The highest BCUT2D eigenvalue weighted by atomic mass is 19.4. The highest BCUT2D eigenvalue weighted by Gasteiger charge is 2.43. The van der Waals surface area contributed by atoms with E-state index >= 15 is 0 Å². The molecule has 1 atom stereocenters. The second-order valence-corrected chi connectivity index (χ2v) is 9.86. The molecule has 1 saturated heterocycles. The molecule has 3 aliphatic rings. The third-order valence-corrected chi connectivity index (χ3v) is 7.50. The lowest BCUT2D eigenvalue weighted by Gasteiger charge is -2.38. The van der Waals surface area contributed by atoms with E-state index in [1.807, 2.05) is 18.3 Å². The third kappa shape index (κ3) is 4.46. The highest BCUT2D eigenvalue weighted by Crippen LogP contribution is 2.37. The fraction of sp³-hybridized carbons (Fsp3) is 0.357. The monoisotopic (exact) mass is 552 g/mol. The summed E-state index contributed by atoms with van der Waals surface area (Å²) in [6, 6.07) is 13.6. The number of nitrogens with zero attached hydrogens (tertiary/aromatic N) is 6. The molecule has 2 amide bonds. The molecule has 0 bridgehead atoms. The molecule has 3 aliphatic heterocycles. The predicted octanol–water partition coefficient (Wildman–Crippen LogP) is 4.29. The SMILES string of the molecule is COc1ccc(-n2nc(C(F)(F)F)c3c2C(=O)N(c2ccc(N4CCC=NC4N4CCCC4=O)cc2)CC3)cc1. The highest BCUT2D eigenvalue weighted by molar-refractivity contribution is 6.07. The average Bonchev–Trinajstić information content (AvgIpc) is 3.58. The van der Waals surface area contributed by atoms with E-state index in [2.05, 4.69) is 15.0 Å². The number of aliphatic imine (C=N–C) groups is 1. The molecule has 0 saturated carbocycles. The van der Waals surface area contributed by atoms with Crippen LogP contribution >= 0.6 is 0 Å². The summed E-state index contributed by atoms with van der Waals surface area (Å²) in [4.78, 5) is 36.0. The van der Waals surface area contributed by atoms with Gasteiger partial charge in [0, 0.05) is 55.6 Å². The Bertz CT molecular complexity index is 1470. The number of likely N-dealkylation sites (tertiary alicyclic amines) is 1. The van der Waals surface area contributed by atoms with E-state index in [1.54, 1.807) is 41.3 Å². The molecule has 0 N–H and O–H groups in total. The van der Waals surface area contributed by atoms with Crippen molar-refractivity contribution in [3.05, 3.63) is 65.5 Å². The lowest BCUT2D eigenvalue weighted by atomic mass is 10.0. The number of aromatic nitrogens is 2. The van der Waals surface area contributed by atoms with Gasteiger partial charge in [-0.3, -0.25) is 14.6 Å². The van der Waals surface area contributed by atoms with Crippen LogP contribution in [0.25, 0.3) is 5.69 Å². The van der Waals surface area contributed by atoms with E-state index in [9.17, 15) is 22.8 Å². The molecule has 1 aromatic heterocycles. The van der Waals surface area contributed by atoms with Crippen molar-refractivity contribution in [2.75, 3.05) is 36.5 Å². The van der Waals surface area contributed by atoms with Gasteiger partial charge in [-0.05, 0) is 61.4 Å². The van der Waals surface area contributed by atoms with Crippen LogP contribution in [0.1, 0.15) is 41.0 Å². The van der Waals surface area contributed by atoms with Gasteiger partial charge in [-0.15, -0.1) is 0 Å². The summed E-state index contributed by atoms with van der Waals surface area (Å²) in [5.41, 5.74) is 0.472. The Morgan fingerprint density at radius 1 is 0.875 bits per heavy atom. The third-order valence-electron chi connectivity index (χ3n) is 7.50. The number of anilines is 2. The Hall–Kier alpha value is -4.35.